The van der Waals surface area contributed by atoms with Crippen LogP contribution in [-0.4, -0.2) is 10.8 Å². The monoisotopic (exact) mass is 100 g/mol. The Morgan fingerprint density at radius 2 is 2.14 bits per heavy atom. The summed E-state index contributed by atoms with van der Waals surface area (Å²) in [6.45, 7) is 1.55. The van der Waals surface area contributed by atoms with Crippen molar-refractivity contribution in [3.05, 3.63) is 0 Å². The van der Waals surface area contributed by atoms with Crippen molar-refractivity contribution in [1.29, 1.82) is 0 Å². The Balaban J connectivity index is 2.36. The standard InChI is InChI=1S/C5H10NO/c1-5(6,7)4-2-3-4/h4,6-7H,2-3H2,1H3. The molecule has 1 aliphatic carbocycles. The summed E-state index contributed by atoms with van der Waals surface area (Å²) in [5.74, 6) is 0.271. The van der Waals surface area contributed by atoms with Crippen LogP contribution in [0.1, 0.15) is 19.8 Å². The number of hydrogen-bond acceptors (Lipinski definition) is 1. The van der Waals surface area contributed by atoms with E-state index in [2.05, 4.69) is 0 Å². The van der Waals surface area contributed by atoms with E-state index < -0.39 is 5.72 Å². The molecule has 1 rings (SSSR count). The Bertz CT molecular complexity index is 70.6. The Hall–Kier alpha value is -0.0800. The van der Waals surface area contributed by atoms with Crippen molar-refractivity contribution in [3.63, 3.8) is 0 Å². The van der Waals surface area contributed by atoms with Crippen LogP contribution < -0.4 is 5.73 Å². The van der Waals surface area contributed by atoms with Crippen LogP contribution in [0.4, 0.5) is 0 Å². The first-order chi connectivity index (χ1) is 3.11. The minimum atomic E-state index is -1.14. The zero-order valence-electron chi connectivity index (χ0n) is 4.44. The van der Waals surface area contributed by atoms with Crippen molar-refractivity contribution in [2.75, 3.05) is 0 Å². The second kappa shape index (κ2) is 1.20. The van der Waals surface area contributed by atoms with Crippen molar-refractivity contribution in [3.8, 4) is 0 Å². The van der Waals surface area contributed by atoms with Gasteiger partial charge in [0, 0.05) is 5.92 Å². The third-order valence-corrected chi connectivity index (χ3v) is 1.37. The van der Waals surface area contributed by atoms with Gasteiger partial charge < -0.3 is 5.11 Å². The Labute approximate surface area is 43.3 Å². The molecular formula is C5H10NO. The van der Waals surface area contributed by atoms with Crippen LogP contribution in [0.2, 0.25) is 0 Å². The molecule has 1 atom stereocenters. The van der Waals surface area contributed by atoms with Gasteiger partial charge in [-0.1, -0.05) is 0 Å². The molecule has 2 heteroatoms. The van der Waals surface area contributed by atoms with Gasteiger partial charge in [-0.2, -0.15) is 0 Å². The van der Waals surface area contributed by atoms with Gasteiger partial charge in [0.15, 0.2) is 0 Å². The summed E-state index contributed by atoms with van der Waals surface area (Å²) in [7, 11) is 0. The summed E-state index contributed by atoms with van der Waals surface area (Å²) in [4.78, 5) is 0. The molecule has 2 nitrogen and oxygen atoms in total. The third kappa shape index (κ3) is 1.14. The maximum absolute atomic E-state index is 8.82. The van der Waals surface area contributed by atoms with E-state index in [1.807, 2.05) is 0 Å². The van der Waals surface area contributed by atoms with Crippen LogP contribution in [0.5, 0.6) is 0 Å². The highest BCUT2D eigenvalue weighted by Gasteiger charge is 2.37. The zero-order chi connectivity index (χ0) is 5.49. The normalized spacial score (nSPS) is 29.6. The molecule has 0 aliphatic heterocycles. The molecule has 0 spiro atoms. The maximum Gasteiger partial charge on any atom is 0.128 e. The Morgan fingerprint density at radius 3 is 2.14 bits per heavy atom. The lowest BCUT2D eigenvalue weighted by Crippen LogP contribution is -2.27. The summed E-state index contributed by atoms with van der Waals surface area (Å²) in [5.41, 5.74) is 5.87. The number of hydrogen-bond donors (Lipinski definition) is 1. The molecule has 7 heavy (non-hydrogen) atoms. The van der Waals surface area contributed by atoms with Crippen LogP contribution >= 0.6 is 0 Å². The van der Waals surface area contributed by atoms with Gasteiger partial charge in [-0.25, -0.2) is 5.73 Å². The molecular weight excluding hydrogens is 90.1 g/mol. The first kappa shape index (κ1) is 5.06. The minimum Gasteiger partial charge on any atom is -0.375 e. The van der Waals surface area contributed by atoms with E-state index in [4.69, 9.17) is 10.8 Å². The molecule has 1 unspecified atom stereocenters. The van der Waals surface area contributed by atoms with Crippen LogP contribution in [-0.2, 0) is 0 Å². The summed E-state index contributed by atoms with van der Waals surface area (Å²) >= 11 is 0. The SMILES string of the molecule is CC([NH])(O)C1CC1. The van der Waals surface area contributed by atoms with E-state index in [1.54, 1.807) is 6.92 Å². The average Bonchev–Trinajstić information content (AvgIpc) is 1.99. The van der Waals surface area contributed by atoms with Crippen molar-refractivity contribution in [2.24, 2.45) is 5.92 Å². The third-order valence-electron chi connectivity index (χ3n) is 1.37. The number of aliphatic hydroxyl groups is 1. The fraction of sp³-hybridized carbons (Fsp3) is 1.00. The fourth-order valence-electron chi connectivity index (χ4n) is 0.645. The van der Waals surface area contributed by atoms with E-state index in [1.165, 1.54) is 0 Å². The summed E-state index contributed by atoms with van der Waals surface area (Å²) < 4.78 is 0. The van der Waals surface area contributed by atoms with Crippen LogP contribution in [0.25, 0.3) is 0 Å². The van der Waals surface area contributed by atoms with Gasteiger partial charge in [-0.3, -0.25) is 0 Å². The molecule has 1 saturated carbocycles. The average molecular weight is 100 g/mol. The molecule has 1 aliphatic rings. The maximum atomic E-state index is 8.82. The van der Waals surface area contributed by atoms with E-state index >= 15 is 0 Å². The first-order valence-electron chi connectivity index (χ1n) is 2.58. The van der Waals surface area contributed by atoms with Gasteiger partial charge >= 0.3 is 0 Å². The van der Waals surface area contributed by atoms with Crippen LogP contribution in [0.15, 0.2) is 0 Å². The highest BCUT2D eigenvalue weighted by molar-refractivity contribution is 4.85. The van der Waals surface area contributed by atoms with Gasteiger partial charge in [0.1, 0.15) is 5.72 Å². The first-order valence-corrected chi connectivity index (χ1v) is 2.58. The second-order valence-corrected chi connectivity index (χ2v) is 2.42. The van der Waals surface area contributed by atoms with Crippen molar-refractivity contribution >= 4 is 0 Å². The van der Waals surface area contributed by atoms with E-state index in [9.17, 15) is 0 Å². The molecule has 0 aromatic carbocycles. The predicted octanol–water partition coefficient (Wildman–Crippen LogP) is 0.388. The lowest BCUT2D eigenvalue weighted by atomic mass is 10.2. The smallest absolute Gasteiger partial charge is 0.128 e. The second-order valence-electron chi connectivity index (χ2n) is 2.42. The molecule has 0 saturated heterocycles. The molecule has 0 heterocycles. The molecule has 1 radical (unpaired) electrons. The van der Waals surface area contributed by atoms with E-state index in [0.717, 1.165) is 12.8 Å². The fourth-order valence-corrected chi connectivity index (χ4v) is 0.645. The predicted molar refractivity (Wildman–Crippen MR) is 26.4 cm³/mol. The van der Waals surface area contributed by atoms with E-state index in [0.29, 0.717) is 0 Å². The molecule has 41 valence electrons. The topological polar surface area (TPSA) is 44.0 Å². The Kier molecular flexibility index (Phi) is 0.869. The molecule has 0 aromatic rings. The minimum absolute atomic E-state index is 0.271. The van der Waals surface area contributed by atoms with Gasteiger partial charge in [-0.15, -0.1) is 0 Å². The van der Waals surface area contributed by atoms with E-state index in [-0.39, 0.29) is 5.92 Å². The van der Waals surface area contributed by atoms with Crippen molar-refractivity contribution in [1.82, 2.24) is 5.73 Å². The molecule has 0 aromatic heterocycles. The summed E-state index contributed by atoms with van der Waals surface area (Å²) in [6.07, 6.45) is 2.08. The largest absolute Gasteiger partial charge is 0.375 e. The zero-order valence-corrected chi connectivity index (χ0v) is 4.44. The summed E-state index contributed by atoms with van der Waals surface area (Å²) in [5, 5.41) is 8.82. The van der Waals surface area contributed by atoms with Crippen LogP contribution in [0, 0.1) is 5.92 Å². The van der Waals surface area contributed by atoms with Crippen molar-refractivity contribution < 1.29 is 5.11 Å². The number of rotatable bonds is 1. The molecule has 0 amide bonds. The molecule has 2 N–H and O–H groups in total. The van der Waals surface area contributed by atoms with Crippen molar-refractivity contribution in [2.45, 2.75) is 25.5 Å². The molecule has 0 bridgehead atoms. The highest BCUT2D eigenvalue weighted by Crippen LogP contribution is 2.36. The van der Waals surface area contributed by atoms with Gasteiger partial charge in [-0.05, 0) is 19.8 Å². The molecule has 1 fully saturated rings. The lowest BCUT2D eigenvalue weighted by molar-refractivity contribution is 0.0355. The van der Waals surface area contributed by atoms with Crippen LogP contribution in [0.3, 0.4) is 0 Å². The highest BCUT2D eigenvalue weighted by atomic mass is 16.3. The van der Waals surface area contributed by atoms with Gasteiger partial charge in [0.2, 0.25) is 0 Å². The Morgan fingerprint density at radius 1 is 1.71 bits per heavy atom. The van der Waals surface area contributed by atoms with Gasteiger partial charge in [0.25, 0.3) is 0 Å². The van der Waals surface area contributed by atoms with Gasteiger partial charge in [0.05, 0.1) is 0 Å². The lowest BCUT2D eigenvalue weighted by Gasteiger charge is -2.12. The summed E-state index contributed by atoms with van der Waals surface area (Å²) in [6, 6.07) is 0. The quantitative estimate of drug-likeness (QED) is 0.509. The number of nitrogens with one attached hydrogen (secondary N) is 1.